The number of hydrogen-bond donors (Lipinski definition) is 0. The summed E-state index contributed by atoms with van der Waals surface area (Å²) in [6.45, 7) is 0. The minimum atomic E-state index is -4.66. The van der Waals surface area contributed by atoms with E-state index in [2.05, 4.69) is 19.9 Å². The number of carbonyl (C=O) groups excluding carboxylic acids is 1. The number of halogens is 4. The number of alkyl halides is 3. The summed E-state index contributed by atoms with van der Waals surface area (Å²) in [6.07, 6.45) is -0.0915. The summed E-state index contributed by atoms with van der Waals surface area (Å²) >= 11 is 0. The SMILES string of the molecule is O=C(CCc1cc(-c2cnc(C(F)(F)F)nc2)ncn1)[C@@H]1C[C@@H]2C[C@@H]2N1S(=O)(=O)c1ccc(F)cc1. The van der Waals surface area contributed by atoms with Crippen LogP contribution >= 0.6 is 0 Å². The van der Waals surface area contributed by atoms with Gasteiger partial charge in [-0.25, -0.2) is 32.7 Å². The molecule has 1 aliphatic heterocycles. The maximum atomic E-state index is 13.3. The zero-order chi connectivity index (χ0) is 25.7. The summed E-state index contributed by atoms with van der Waals surface area (Å²) in [7, 11) is -3.97. The summed E-state index contributed by atoms with van der Waals surface area (Å²) in [6, 6.07) is 4.99. The summed E-state index contributed by atoms with van der Waals surface area (Å²) in [5.41, 5.74) is 1.01. The van der Waals surface area contributed by atoms with Crippen molar-refractivity contribution in [2.45, 2.75) is 48.8 Å². The molecule has 3 heterocycles. The van der Waals surface area contributed by atoms with Gasteiger partial charge in [0, 0.05) is 36.1 Å². The minimum Gasteiger partial charge on any atom is -0.298 e. The Morgan fingerprint density at radius 1 is 1.03 bits per heavy atom. The molecule has 36 heavy (non-hydrogen) atoms. The van der Waals surface area contributed by atoms with Gasteiger partial charge in [-0.1, -0.05) is 0 Å². The van der Waals surface area contributed by atoms with E-state index >= 15 is 0 Å². The lowest BCUT2D eigenvalue weighted by atomic mass is 10.0. The molecule has 0 unspecified atom stereocenters. The van der Waals surface area contributed by atoms with Crippen molar-refractivity contribution in [3.8, 4) is 11.3 Å². The normalized spacial score (nSPS) is 21.8. The minimum absolute atomic E-state index is 0.0134. The fraction of sp³-hybridized carbons (Fsp3) is 0.348. The highest BCUT2D eigenvalue weighted by molar-refractivity contribution is 7.89. The molecule has 1 aromatic carbocycles. The highest BCUT2D eigenvalue weighted by Crippen LogP contribution is 2.50. The van der Waals surface area contributed by atoms with Crippen molar-refractivity contribution in [3.63, 3.8) is 0 Å². The summed E-state index contributed by atoms with van der Waals surface area (Å²) in [5.74, 6) is -1.95. The largest absolute Gasteiger partial charge is 0.451 e. The van der Waals surface area contributed by atoms with E-state index in [1.807, 2.05) is 0 Å². The Hall–Kier alpha value is -3.32. The van der Waals surface area contributed by atoms with Gasteiger partial charge in [0.1, 0.15) is 12.1 Å². The molecule has 1 saturated carbocycles. The lowest BCUT2D eigenvalue weighted by Gasteiger charge is -2.26. The highest BCUT2D eigenvalue weighted by atomic mass is 32.2. The summed E-state index contributed by atoms with van der Waals surface area (Å²) in [4.78, 5) is 27.8. The number of nitrogens with zero attached hydrogens (tertiary/aromatic N) is 5. The van der Waals surface area contributed by atoms with Crippen LogP contribution in [-0.2, 0) is 27.4 Å². The highest BCUT2D eigenvalue weighted by Gasteiger charge is 2.58. The van der Waals surface area contributed by atoms with Crippen molar-refractivity contribution in [1.29, 1.82) is 0 Å². The number of carbonyl (C=O) groups is 1. The van der Waals surface area contributed by atoms with Gasteiger partial charge in [-0.3, -0.25) is 4.79 Å². The molecule has 0 radical (unpaired) electrons. The van der Waals surface area contributed by atoms with E-state index in [9.17, 15) is 30.8 Å². The molecule has 8 nitrogen and oxygen atoms in total. The quantitative estimate of drug-likeness (QED) is 0.439. The molecule has 1 aliphatic carbocycles. The van der Waals surface area contributed by atoms with Crippen LogP contribution in [0.25, 0.3) is 11.3 Å². The zero-order valence-electron chi connectivity index (χ0n) is 18.6. The van der Waals surface area contributed by atoms with Gasteiger partial charge in [0.15, 0.2) is 5.78 Å². The Kier molecular flexibility index (Phi) is 6.07. The van der Waals surface area contributed by atoms with Crippen LogP contribution in [0.5, 0.6) is 0 Å². The number of fused-ring (bicyclic) bond motifs is 1. The second kappa shape index (κ2) is 8.96. The van der Waals surface area contributed by atoms with Crippen molar-refractivity contribution < 1.29 is 30.8 Å². The maximum Gasteiger partial charge on any atom is 0.451 e. The molecule has 13 heteroatoms. The van der Waals surface area contributed by atoms with Crippen LogP contribution in [0, 0.1) is 11.7 Å². The monoisotopic (exact) mass is 521 g/mol. The van der Waals surface area contributed by atoms with Crippen LogP contribution in [0.2, 0.25) is 0 Å². The third kappa shape index (κ3) is 4.72. The molecular formula is C23H19F4N5O3S. The fourth-order valence-corrected chi connectivity index (χ4v) is 6.36. The van der Waals surface area contributed by atoms with E-state index in [-0.39, 0.29) is 41.0 Å². The molecule has 0 N–H and O–H groups in total. The van der Waals surface area contributed by atoms with Crippen molar-refractivity contribution in [2.75, 3.05) is 0 Å². The van der Waals surface area contributed by atoms with Crippen LogP contribution in [-0.4, -0.2) is 50.5 Å². The molecule has 2 aliphatic rings. The Morgan fingerprint density at radius 3 is 2.39 bits per heavy atom. The predicted octanol–water partition coefficient (Wildman–Crippen LogP) is 3.44. The second-order valence-electron chi connectivity index (χ2n) is 8.76. The van der Waals surface area contributed by atoms with Gasteiger partial charge < -0.3 is 0 Å². The topological polar surface area (TPSA) is 106 Å². The van der Waals surface area contributed by atoms with Crippen molar-refractivity contribution >= 4 is 15.8 Å². The molecule has 5 rings (SSSR count). The first-order chi connectivity index (χ1) is 17.0. The molecule has 188 valence electrons. The van der Waals surface area contributed by atoms with Crippen molar-refractivity contribution in [2.24, 2.45) is 5.92 Å². The molecule has 3 aromatic rings. The smallest absolute Gasteiger partial charge is 0.298 e. The standard InChI is InChI=1S/C23H19F4N5O3S/c24-15-1-4-17(5-2-15)36(34,35)32-19-7-13(19)8-20(32)21(33)6-3-16-9-18(31-12-30-16)14-10-28-22(29-11-14)23(25,26)27/h1-2,4-5,9-13,19-20H,3,6-8H2/t13-,19-,20-/m0/s1. The number of Topliss-reactive ketones (excluding diaryl/α,β-unsaturated/α-hetero) is 1. The average Bonchev–Trinajstić information content (AvgIpc) is 3.50. The van der Waals surface area contributed by atoms with Crippen LogP contribution < -0.4 is 0 Å². The molecule has 0 amide bonds. The number of benzene rings is 1. The number of hydrogen-bond acceptors (Lipinski definition) is 7. The average molecular weight is 521 g/mol. The Morgan fingerprint density at radius 2 is 1.72 bits per heavy atom. The number of ketones is 1. The first-order valence-electron chi connectivity index (χ1n) is 11.1. The zero-order valence-corrected chi connectivity index (χ0v) is 19.4. The third-order valence-electron chi connectivity index (χ3n) is 6.36. The van der Waals surface area contributed by atoms with Gasteiger partial charge in [0.05, 0.1) is 16.6 Å². The van der Waals surface area contributed by atoms with Crippen molar-refractivity contribution in [3.05, 3.63) is 66.4 Å². The number of aromatic nitrogens is 4. The molecule has 2 aromatic heterocycles. The van der Waals surface area contributed by atoms with Gasteiger partial charge in [-0.2, -0.15) is 17.5 Å². The van der Waals surface area contributed by atoms with Crippen LogP contribution in [0.1, 0.15) is 30.8 Å². The second-order valence-corrected chi connectivity index (χ2v) is 10.6. The van der Waals surface area contributed by atoms with Gasteiger partial charge in [-0.05, 0) is 55.5 Å². The van der Waals surface area contributed by atoms with Gasteiger partial charge in [0.25, 0.3) is 0 Å². The van der Waals surface area contributed by atoms with E-state index in [0.717, 1.165) is 24.5 Å². The van der Waals surface area contributed by atoms with Gasteiger partial charge in [-0.15, -0.1) is 0 Å². The number of piperidine rings is 1. The Balaban J connectivity index is 1.28. The molecule has 0 bridgehead atoms. The number of rotatable bonds is 7. The molecule has 2 fully saturated rings. The molecule has 3 atom stereocenters. The summed E-state index contributed by atoms with van der Waals surface area (Å²) < 4.78 is 79.0. The summed E-state index contributed by atoms with van der Waals surface area (Å²) in [5, 5.41) is 0. The van der Waals surface area contributed by atoms with Crippen LogP contribution in [0.15, 0.2) is 53.9 Å². The first-order valence-corrected chi connectivity index (χ1v) is 12.5. The number of aryl methyl sites for hydroxylation is 1. The van der Waals surface area contributed by atoms with Crippen molar-refractivity contribution in [1.82, 2.24) is 24.2 Å². The van der Waals surface area contributed by atoms with Crippen LogP contribution in [0.3, 0.4) is 0 Å². The maximum absolute atomic E-state index is 13.3. The van der Waals surface area contributed by atoms with E-state index in [0.29, 0.717) is 24.2 Å². The van der Waals surface area contributed by atoms with E-state index < -0.39 is 33.9 Å². The molecule has 0 spiro atoms. The lowest BCUT2D eigenvalue weighted by Crippen LogP contribution is -2.43. The van der Waals surface area contributed by atoms with Crippen LogP contribution in [0.4, 0.5) is 17.6 Å². The lowest BCUT2D eigenvalue weighted by molar-refractivity contribution is -0.145. The van der Waals surface area contributed by atoms with E-state index in [1.54, 1.807) is 0 Å². The van der Waals surface area contributed by atoms with E-state index in [4.69, 9.17) is 0 Å². The molecule has 1 saturated heterocycles. The third-order valence-corrected chi connectivity index (χ3v) is 8.31. The molecular weight excluding hydrogens is 502 g/mol. The van der Waals surface area contributed by atoms with Gasteiger partial charge in [0.2, 0.25) is 15.8 Å². The van der Waals surface area contributed by atoms with Gasteiger partial charge >= 0.3 is 6.18 Å². The Labute approximate surface area is 203 Å². The first kappa shape index (κ1) is 24.4. The predicted molar refractivity (Wildman–Crippen MR) is 117 cm³/mol. The number of sulfonamides is 1. The fourth-order valence-electron chi connectivity index (χ4n) is 4.48. The van der Waals surface area contributed by atoms with E-state index in [1.165, 1.54) is 28.8 Å². The Bertz CT molecular complexity index is 1400.